The first-order valence-electron chi connectivity index (χ1n) is 7.10. The van der Waals surface area contributed by atoms with E-state index in [1.165, 1.54) is 7.11 Å². The maximum Gasteiger partial charge on any atom is 0.168 e. The van der Waals surface area contributed by atoms with Crippen LogP contribution in [0.2, 0.25) is 0 Å². The van der Waals surface area contributed by atoms with Crippen LogP contribution < -0.4 is 10.1 Å². The van der Waals surface area contributed by atoms with Crippen LogP contribution in [0.15, 0.2) is 18.2 Å². The molecule has 1 aromatic carbocycles. The predicted octanol–water partition coefficient (Wildman–Crippen LogP) is 2.76. The summed E-state index contributed by atoms with van der Waals surface area (Å²) in [6.45, 7) is 7.65. The van der Waals surface area contributed by atoms with Crippen LogP contribution in [0.3, 0.4) is 0 Å². The SMILES string of the molecule is COc1cccc(CC(C)(O)CCNCC(C)C)c1F. The lowest BCUT2D eigenvalue weighted by molar-refractivity contribution is 0.0504. The molecule has 1 atom stereocenters. The normalized spacial score (nSPS) is 14.3. The number of benzene rings is 1. The molecule has 4 heteroatoms. The average molecular weight is 283 g/mol. The van der Waals surface area contributed by atoms with Crippen molar-refractivity contribution in [2.24, 2.45) is 5.92 Å². The molecular formula is C16H26FNO2. The van der Waals surface area contributed by atoms with Crippen LogP contribution in [0.4, 0.5) is 4.39 Å². The number of ether oxygens (including phenoxy) is 1. The number of rotatable bonds is 8. The zero-order valence-electron chi connectivity index (χ0n) is 12.9. The van der Waals surface area contributed by atoms with E-state index in [2.05, 4.69) is 19.2 Å². The van der Waals surface area contributed by atoms with Crippen LogP contribution in [0.5, 0.6) is 5.75 Å². The molecule has 3 nitrogen and oxygen atoms in total. The van der Waals surface area contributed by atoms with Crippen molar-refractivity contribution < 1.29 is 14.2 Å². The van der Waals surface area contributed by atoms with E-state index in [1.807, 2.05) is 0 Å². The molecule has 0 aliphatic carbocycles. The molecular weight excluding hydrogens is 257 g/mol. The Morgan fingerprint density at radius 2 is 2.10 bits per heavy atom. The Kier molecular flexibility index (Phi) is 6.43. The molecule has 0 spiro atoms. The lowest BCUT2D eigenvalue weighted by atomic mass is 9.92. The Bertz CT molecular complexity index is 419. The smallest absolute Gasteiger partial charge is 0.168 e. The zero-order chi connectivity index (χ0) is 15.2. The summed E-state index contributed by atoms with van der Waals surface area (Å²) in [6, 6.07) is 5.01. The van der Waals surface area contributed by atoms with Gasteiger partial charge >= 0.3 is 0 Å². The third kappa shape index (κ3) is 5.47. The van der Waals surface area contributed by atoms with Gasteiger partial charge in [-0.25, -0.2) is 4.39 Å². The lowest BCUT2D eigenvalue weighted by Crippen LogP contribution is -2.33. The van der Waals surface area contributed by atoms with Gasteiger partial charge in [-0.15, -0.1) is 0 Å². The highest BCUT2D eigenvalue weighted by atomic mass is 19.1. The fourth-order valence-electron chi connectivity index (χ4n) is 2.10. The summed E-state index contributed by atoms with van der Waals surface area (Å²) >= 11 is 0. The summed E-state index contributed by atoms with van der Waals surface area (Å²) < 4.78 is 19.0. The maximum absolute atomic E-state index is 14.0. The molecule has 0 aromatic heterocycles. The van der Waals surface area contributed by atoms with Gasteiger partial charge in [0.15, 0.2) is 11.6 Å². The fraction of sp³-hybridized carbons (Fsp3) is 0.625. The van der Waals surface area contributed by atoms with Gasteiger partial charge in [0.2, 0.25) is 0 Å². The number of halogens is 1. The summed E-state index contributed by atoms with van der Waals surface area (Å²) in [4.78, 5) is 0. The van der Waals surface area contributed by atoms with Gasteiger partial charge in [-0.3, -0.25) is 0 Å². The molecule has 0 aliphatic rings. The third-order valence-corrected chi connectivity index (χ3v) is 3.23. The van der Waals surface area contributed by atoms with Crippen LogP contribution in [0.1, 0.15) is 32.8 Å². The van der Waals surface area contributed by atoms with E-state index in [1.54, 1.807) is 25.1 Å². The summed E-state index contributed by atoms with van der Waals surface area (Å²) in [6.07, 6.45) is 0.857. The van der Waals surface area contributed by atoms with Gasteiger partial charge in [-0.05, 0) is 44.0 Å². The molecule has 0 bridgehead atoms. The molecule has 20 heavy (non-hydrogen) atoms. The molecule has 0 saturated carbocycles. The summed E-state index contributed by atoms with van der Waals surface area (Å²) in [7, 11) is 1.44. The first-order chi connectivity index (χ1) is 9.35. The van der Waals surface area contributed by atoms with Crippen molar-refractivity contribution in [2.75, 3.05) is 20.2 Å². The standard InChI is InChI=1S/C16H26FNO2/c1-12(2)11-18-9-8-16(3,19)10-13-6-5-7-14(20-4)15(13)17/h5-7,12,18-19H,8-11H2,1-4H3. The Balaban J connectivity index is 2.57. The predicted molar refractivity (Wildman–Crippen MR) is 79.6 cm³/mol. The summed E-state index contributed by atoms with van der Waals surface area (Å²) in [5.41, 5.74) is -0.449. The molecule has 0 heterocycles. The molecule has 1 aromatic rings. The third-order valence-electron chi connectivity index (χ3n) is 3.23. The monoisotopic (exact) mass is 283 g/mol. The van der Waals surface area contributed by atoms with Gasteiger partial charge in [-0.2, -0.15) is 0 Å². The molecule has 114 valence electrons. The van der Waals surface area contributed by atoms with Crippen molar-refractivity contribution in [3.05, 3.63) is 29.6 Å². The minimum absolute atomic E-state index is 0.219. The van der Waals surface area contributed by atoms with Crippen molar-refractivity contribution in [1.82, 2.24) is 5.32 Å². The van der Waals surface area contributed by atoms with Gasteiger partial charge in [0.25, 0.3) is 0 Å². The molecule has 0 radical (unpaired) electrons. The van der Waals surface area contributed by atoms with Gasteiger partial charge in [0.1, 0.15) is 0 Å². The highest BCUT2D eigenvalue weighted by molar-refractivity contribution is 5.31. The van der Waals surface area contributed by atoms with Crippen molar-refractivity contribution in [3.8, 4) is 5.75 Å². The quantitative estimate of drug-likeness (QED) is 0.721. The Hall–Kier alpha value is -1.13. The van der Waals surface area contributed by atoms with Crippen molar-refractivity contribution in [1.29, 1.82) is 0 Å². The minimum Gasteiger partial charge on any atom is -0.494 e. The van der Waals surface area contributed by atoms with Crippen molar-refractivity contribution >= 4 is 0 Å². The first kappa shape index (κ1) is 16.9. The second-order valence-electron chi connectivity index (χ2n) is 5.96. The number of methoxy groups -OCH3 is 1. The van der Waals surface area contributed by atoms with Gasteiger partial charge in [0.05, 0.1) is 12.7 Å². The van der Waals surface area contributed by atoms with E-state index in [9.17, 15) is 9.50 Å². The number of hydrogen-bond donors (Lipinski definition) is 2. The topological polar surface area (TPSA) is 41.5 Å². The van der Waals surface area contributed by atoms with Gasteiger partial charge < -0.3 is 15.2 Å². The minimum atomic E-state index is -0.933. The van der Waals surface area contributed by atoms with Crippen LogP contribution >= 0.6 is 0 Å². The number of nitrogens with one attached hydrogen (secondary N) is 1. The van der Waals surface area contributed by atoms with Crippen molar-refractivity contribution in [2.45, 2.75) is 39.2 Å². The Morgan fingerprint density at radius 3 is 2.70 bits per heavy atom. The van der Waals surface area contributed by atoms with E-state index in [-0.39, 0.29) is 18.0 Å². The highest BCUT2D eigenvalue weighted by Gasteiger charge is 2.23. The summed E-state index contributed by atoms with van der Waals surface area (Å²) in [5.74, 6) is 0.414. The molecule has 0 aliphatic heterocycles. The number of aliphatic hydroxyl groups is 1. The fourth-order valence-corrected chi connectivity index (χ4v) is 2.10. The molecule has 1 unspecified atom stereocenters. The van der Waals surface area contributed by atoms with Crippen molar-refractivity contribution in [3.63, 3.8) is 0 Å². The highest BCUT2D eigenvalue weighted by Crippen LogP contribution is 2.24. The van der Waals surface area contributed by atoms with Crippen LogP contribution in [-0.2, 0) is 6.42 Å². The van der Waals surface area contributed by atoms with Gasteiger partial charge in [-0.1, -0.05) is 26.0 Å². The Labute approximate surface area is 121 Å². The van der Waals surface area contributed by atoms with Gasteiger partial charge in [0, 0.05) is 6.42 Å². The average Bonchev–Trinajstić information content (AvgIpc) is 2.37. The maximum atomic E-state index is 14.0. The van der Waals surface area contributed by atoms with E-state index in [0.29, 0.717) is 17.9 Å². The van der Waals surface area contributed by atoms with Crippen LogP contribution in [0, 0.1) is 11.7 Å². The van der Waals surface area contributed by atoms with Crippen LogP contribution in [0.25, 0.3) is 0 Å². The zero-order valence-corrected chi connectivity index (χ0v) is 12.9. The van der Waals surface area contributed by atoms with Crippen LogP contribution in [-0.4, -0.2) is 30.9 Å². The first-order valence-corrected chi connectivity index (χ1v) is 7.10. The lowest BCUT2D eigenvalue weighted by Gasteiger charge is -2.24. The summed E-state index contributed by atoms with van der Waals surface area (Å²) in [5, 5.41) is 13.7. The molecule has 2 N–H and O–H groups in total. The molecule has 0 amide bonds. The second kappa shape index (κ2) is 7.60. The molecule has 0 saturated heterocycles. The number of hydrogen-bond acceptors (Lipinski definition) is 3. The van der Waals surface area contributed by atoms with E-state index in [4.69, 9.17) is 4.74 Å². The molecule has 0 fully saturated rings. The molecule has 1 rings (SSSR count). The second-order valence-corrected chi connectivity index (χ2v) is 5.96. The Morgan fingerprint density at radius 1 is 1.40 bits per heavy atom. The van der Waals surface area contributed by atoms with E-state index >= 15 is 0 Å². The van der Waals surface area contributed by atoms with E-state index in [0.717, 1.165) is 13.1 Å². The largest absolute Gasteiger partial charge is 0.494 e. The van der Waals surface area contributed by atoms with E-state index < -0.39 is 5.60 Å².